The number of benzene rings is 1. The molecule has 6 heteroatoms. The molecule has 2 aromatic rings. The van der Waals surface area contributed by atoms with Crippen molar-refractivity contribution >= 4 is 27.0 Å². The van der Waals surface area contributed by atoms with E-state index in [1.807, 2.05) is 12.1 Å². The molecule has 0 saturated carbocycles. The lowest BCUT2D eigenvalue weighted by molar-refractivity contribution is 0.0147. The Bertz CT molecular complexity index is 642. The van der Waals surface area contributed by atoms with Crippen LogP contribution < -0.4 is 5.76 Å². The molecule has 1 aliphatic rings. The average molecular weight is 342 g/mol. The zero-order valence-electron chi connectivity index (χ0n) is 11.0. The zero-order valence-corrected chi connectivity index (χ0v) is 12.6. The van der Waals surface area contributed by atoms with Crippen LogP contribution in [0.15, 0.2) is 31.9 Å². The Labute approximate surface area is 124 Å². The molecule has 1 aromatic heterocycles. The van der Waals surface area contributed by atoms with Crippen LogP contribution in [0.4, 0.5) is 0 Å². The summed E-state index contributed by atoms with van der Waals surface area (Å²) >= 11 is 3.36. The topological polar surface area (TPSA) is 53.6 Å². The number of ether oxygens (including phenoxy) is 2. The fourth-order valence-corrected chi connectivity index (χ4v) is 2.74. The summed E-state index contributed by atoms with van der Waals surface area (Å²) in [5.74, 6) is -0.348. The third-order valence-electron chi connectivity index (χ3n) is 3.42. The quantitative estimate of drug-likeness (QED) is 0.784. The fraction of sp³-hybridized carbons (Fsp3) is 0.500. The van der Waals surface area contributed by atoms with Crippen LogP contribution in [0.1, 0.15) is 12.8 Å². The van der Waals surface area contributed by atoms with Crippen molar-refractivity contribution in [3.8, 4) is 0 Å². The van der Waals surface area contributed by atoms with E-state index >= 15 is 0 Å². The van der Waals surface area contributed by atoms with Gasteiger partial charge in [0.15, 0.2) is 5.58 Å². The Morgan fingerprint density at radius 2 is 2.35 bits per heavy atom. The Balaban J connectivity index is 1.62. The molecule has 2 heterocycles. The van der Waals surface area contributed by atoms with Gasteiger partial charge in [-0.25, -0.2) is 4.79 Å². The largest absolute Gasteiger partial charge is 0.420 e. The van der Waals surface area contributed by atoms with E-state index in [0.717, 1.165) is 29.4 Å². The maximum Gasteiger partial charge on any atom is 0.420 e. The van der Waals surface area contributed by atoms with Gasteiger partial charge in [0.05, 0.1) is 31.4 Å². The Kier molecular flexibility index (Phi) is 4.24. The van der Waals surface area contributed by atoms with Crippen LogP contribution in [0.5, 0.6) is 0 Å². The molecule has 3 rings (SSSR count). The summed E-state index contributed by atoms with van der Waals surface area (Å²) in [7, 11) is 0. The third-order valence-corrected chi connectivity index (χ3v) is 3.91. The van der Waals surface area contributed by atoms with Gasteiger partial charge in [-0.05, 0) is 31.0 Å². The van der Waals surface area contributed by atoms with Crippen LogP contribution >= 0.6 is 15.9 Å². The minimum Gasteiger partial charge on any atom is -0.408 e. The molecule has 1 atom stereocenters. The number of oxazole rings is 1. The molecule has 0 amide bonds. The highest BCUT2D eigenvalue weighted by molar-refractivity contribution is 9.10. The SMILES string of the molecule is O=c1oc2cc(Br)ccc2n1CCOC[C@@H]1CCCO1. The van der Waals surface area contributed by atoms with Gasteiger partial charge in [0.1, 0.15) is 0 Å². The monoisotopic (exact) mass is 341 g/mol. The second-order valence-electron chi connectivity index (χ2n) is 4.84. The molecule has 0 spiro atoms. The highest BCUT2D eigenvalue weighted by atomic mass is 79.9. The molecule has 0 bridgehead atoms. The molecule has 108 valence electrons. The maximum atomic E-state index is 11.8. The van der Waals surface area contributed by atoms with Crippen molar-refractivity contribution in [3.63, 3.8) is 0 Å². The van der Waals surface area contributed by atoms with E-state index in [9.17, 15) is 4.79 Å². The standard InChI is InChI=1S/C14H16BrNO4/c15-10-3-4-12-13(8-10)20-14(17)16(12)5-7-18-9-11-2-1-6-19-11/h3-4,8,11H,1-2,5-7,9H2/t11-/m0/s1. The first-order valence-corrected chi connectivity index (χ1v) is 7.51. The highest BCUT2D eigenvalue weighted by Gasteiger charge is 2.15. The number of halogens is 1. The van der Waals surface area contributed by atoms with Crippen LogP contribution in [0.25, 0.3) is 11.1 Å². The summed E-state index contributed by atoms with van der Waals surface area (Å²) in [6.07, 6.45) is 2.38. The lowest BCUT2D eigenvalue weighted by atomic mass is 10.2. The smallest absolute Gasteiger partial charge is 0.408 e. The fourth-order valence-electron chi connectivity index (χ4n) is 2.40. The van der Waals surface area contributed by atoms with E-state index in [-0.39, 0.29) is 11.9 Å². The van der Waals surface area contributed by atoms with Gasteiger partial charge in [0.25, 0.3) is 0 Å². The van der Waals surface area contributed by atoms with Crippen molar-refractivity contribution in [1.82, 2.24) is 4.57 Å². The minimum absolute atomic E-state index is 0.212. The number of aromatic nitrogens is 1. The van der Waals surface area contributed by atoms with Gasteiger partial charge >= 0.3 is 5.76 Å². The molecule has 1 saturated heterocycles. The summed E-state index contributed by atoms with van der Waals surface area (Å²) in [4.78, 5) is 11.8. The van der Waals surface area contributed by atoms with Crippen LogP contribution in [-0.2, 0) is 16.0 Å². The van der Waals surface area contributed by atoms with Crippen LogP contribution in [0.3, 0.4) is 0 Å². The summed E-state index contributed by atoms with van der Waals surface area (Å²) in [6.45, 7) is 2.38. The van der Waals surface area contributed by atoms with Crippen molar-refractivity contribution in [2.45, 2.75) is 25.5 Å². The van der Waals surface area contributed by atoms with E-state index in [2.05, 4.69) is 15.9 Å². The Hall–Kier alpha value is -1.11. The number of fused-ring (bicyclic) bond motifs is 1. The van der Waals surface area contributed by atoms with E-state index in [0.29, 0.717) is 25.3 Å². The van der Waals surface area contributed by atoms with Crippen molar-refractivity contribution < 1.29 is 13.9 Å². The molecular formula is C14H16BrNO4. The summed E-state index contributed by atoms with van der Waals surface area (Å²) < 4.78 is 18.8. The number of nitrogens with zero attached hydrogens (tertiary/aromatic N) is 1. The molecular weight excluding hydrogens is 326 g/mol. The highest BCUT2D eigenvalue weighted by Crippen LogP contribution is 2.18. The maximum absolute atomic E-state index is 11.8. The first-order chi connectivity index (χ1) is 9.74. The normalized spacial score (nSPS) is 18.9. The summed E-state index contributed by atoms with van der Waals surface area (Å²) in [5.41, 5.74) is 1.38. The van der Waals surface area contributed by atoms with Crippen LogP contribution in [-0.4, -0.2) is 30.5 Å². The number of hydrogen-bond acceptors (Lipinski definition) is 4. The molecule has 0 unspecified atom stereocenters. The van der Waals surface area contributed by atoms with Crippen LogP contribution in [0.2, 0.25) is 0 Å². The molecule has 0 aliphatic carbocycles. The predicted octanol–water partition coefficient (Wildman–Crippen LogP) is 2.55. The number of rotatable bonds is 5. The minimum atomic E-state index is -0.348. The van der Waals surface area contributed by atoms with E-state index in [1.54, 1.807) is 10.6 Å². The lowest BCUT2D eigenvalue weighted by Crippen LogP contribution is -2.20. The van der Waals surface area contributed by atoms with Gasteiger partial charge in [0, 0.05) is 11.1 Å². The van der Waals surface area contributed by atoms with E-state index < -0.39 is 0 Å². The van der Waals surface area contributed by atoms with Crippen molar-refractivity contribution in [2.75, 3.05) is 19.8 Å². The van der Waals surface area contributed by atoms with Crippen LogP contribution in [0, 0.1) is 0 Å². The molecule has 1 fully saturated rings. The first kappa shape index (κ1) is 13.9. The van der Waals surface area contributed by atoms with Gasteiger partial charge in [-0.15, -0.1) is 0 Å². The van der Waals surface area contributed by atoms with Gasteiger partial charge in [-0.3, -0.25) is 4.57 Å². The van der Waals surface area contributed by atoms with Gasteiger partial charge in [-0.1, -0.05) is 15.9 Å². The van der Waals surface area contributed by atoms with Crippen molar-refractivity contribution in [2.24, 2.45) is 0 Å². The molecule has 0 radical (unpaired) electrons. The molecule has 20 heavy (non-hydrogen) atoms. The first-order valence-electron chi connectivity index (χ1n) is 6.72. The van der Waals surface area contributed by atoms with Gasteiger partial charge < -0.3 is 13.9 Å². The second kappa shape index (κ2) is 6.11. The van der Waals surface area contributed by atoms with Crippen molar-refractivity contribution in [1.29, 1.82) is 0 Å². The van der Waals surface area contributed by atoms with E-state index in [1.165, 1.54) is 0 Å². The zero-order chi connectivity index (χ0) is 13.9. The third kappa shape index (κ3) is 2.97. The average Bonchev–Trinajstić information content (AvgIpc) is 3.02. The lowest BCUT2D eigenvalue weighted by Gasteiger charge is -2.10. The molecule has 5 nitrogen and oxygen atoms in total. The van der Waals surface area contributed by atoms with Crippen molar-refractivity contribution in [3.05, 3.63) is 33.2 Å². The number of hydrogen-bond donors (Lipinski definition) is 0. The molecule has 1 aliphatic heterocycles. The predicted molar refractivity (Wildman–Crippen MR) is 78.0 cm³/mol. The molecule has 1 aromatic carbocycles. The van der Waals surface area contributed by atoms with E-state index in [4.69, 9.17) is 13.9 Å². The Morgan fingerprint density at radius 1 is 1.45 bits per heavy atom. The Morgan fingerprint density at radius 3 is 3.15 bits per heavy atom. The van der Waals surface area contributed by atoms with Gasteiger partial charge in [-0.2, -0.15) is 0 Å². The second-order valence-corrected chi connectivity index (χ2v) is 5.76. The summed E-state index contributed by atoms with van der Waals surface area (Å²) in [5, 5.41) is 0. The van der Waals surface area contributed by atoms with Gasteiger partial charge in [0.2, 0.25) is 0 Å². The summed E-state index contributed by atoms with van der Waals surface area (Å²) in [6, 6.07) is 5.55. The molecule has 0 N–H and O–H groups in total.